The molecule has 0 spiro atoms. The van der Waals surface area contributed by atoms with Crippen LogP contribution < -0.4 is 4.90 Å². The molecule has 22 heavy (non-hydrogen) atoms. The van der Waals surface area contributed by atoms with Crippen LogP contribution in [-0.2, 0) is 0 Å². The van der Waals surface area contributed by atoms with Gasteiger partial charge in [-0.2, -0.15) is 0 Å². The monoisotopic (exact) mass is 293 g/mol. The van der Waals surface area contributed by atoms with Crippen molar-refractivity contribution in [1.82, 2.24) is 9.97 Å². The molecular weight excluding hydrogens is 274 g/mol. The van der Waals surface area contributed by atoms with E-state index in [0.717, 1.165) is 34.0 Å². The number of aromatic amines is 1. The van der Waals surface area contributed by atoms with Crippen molar-refractivity contribution in [3.05, 3.63) is 54.2 Å². The van der Waals surface area contributed by atoms with Crippen molar-refractivity contribution >= 4 is 5.69 Å². The van der Waals surface area contributed by atoms with Crippen LogP contribution in [-0.4, -0.2) is 29.2 Å². The molecule has 112 valence electrons. The van der Waals surface area contributed by atoms with E-state index in [1.165, 1.54) is 0 Å². The van der Waals surface area contributed by atoms with Crippen molar-refractivity contribution in [1.29, 1.82) is 0 Å². The number of phenolic OH excluding ortho intramolecular Hbond substituents is 1. The molecule has 0 fully saturated rings. The van der Waals surface area contributed by atoms with Crippen molar-refractivity contribution in [2.45, 2.75) is 6.92 Å². The summed E-state index contributed by atoms with van der Waals surface area (Å²) in [4.78, 5) is 10.1. The van der Waals surface area contributed by atoms with Gasteiger partial charge in [0, 0.05) is 36.6 Å². The maximum atomic E-state index is 9.38. The first-order valence-corrected chi connectivity index (χ1v) is 7.18. The summed E-state index contributed by atoms with van der Waals surface area (Å²) < 4.78 is 0. The van der Waals surface area contributed by atoms with Gasteiger partial charge >= 0.3 is 0 Å². The minimum atomic E-state index is 0.256. The number of hydrogen-bond acceptors (Lipinski definition) is 3. The van der Waals surface area contributed by atoms with Gasteiger partial charge in [-0.15, -0.1) is 0 Å². The first kappa shape index (κ1) is 14.2. The highest BCUT2D eigenvalue weighted by Gasteiger charge is 2.10. The molecular formula is C18H19N3O. The molecule has 3 rings (SSSR count). The number of nitrogens with one attached hydrogen (secondary N) is 1. The average molecular weight is 293 g/mol. The smallest absolute Gasteiger partial charge is 0.138 e. The minimum Gasteiger partial charge on any atom is -0.508 e. The van der Waals surface area contributed by atoms with Gasteiger partial charge in [0.05, 0.1) is 5.69 Å². The van der Waals surface area contributed by atoms with E-state index in [4.69, 9.17) is 4.98 Å². The summed E-state index contributed by atoms with van der Waals surface area (Å²) in [7, 11) is 4.05. The predicted octanol–water partition coefficient (Wildman–Crippen LogP) is 3.82. The molecule has 0 saturated heterocycles. The lowest BCUT2D eigenvalue weighted by atomic mass is 10.1. The number of phenols is 1. The van der Waals surface area contributed by atoms with Crippen molar-refractivity contribution in [2.75, 3.05) is 19.0 Å². The molecule has 4 heteroatoms. The fourth-order valence-electron chi connectivity index (χ4n) is 2.41. The lowest BCUT2D eigenvalue weighted by Gasteiger charge is -2.12. The number of rotatable bonds is 3. The van der Waals surface area contributed by atoms with Gasteiger partial charge in [-0.3, -0.25) is 0 Å². The number of aromatic hydroxyl groups is 1. The highest BCUT2D eigenvalue weighted by molar-refractivity contribution is 5.69. The van der Waals surface area contributed by atoms with Gasteiger partial charge in [-0.25, -0.2) is 4.98 Å². The third kappa shape index (κ3) is 2.68. The van der Waals surface area contributed by atoms with Crippen LogP contribution in [0.15, 0.2) is 48.5 Å². The average Bonchev–Trinajstić information content (AvgIpc) is 2.90. The number of imidazole rings is 1. The molecule has 4 nitrogen and oxygen atoms in total. The highest BCUT2D eigenvalue weighted by Crippen LogP contribution is 2.27. The van der Waals surface area contributed by atoms with Crippen LogP contribution in [0.4, 0.5) is 5.69 Å². The van der Waals surface area contributed by atoms with Crippen LogP contribution in [0.2, 0.25) is 0 Å². The lowest BCUT2D eigenvalue weighted by Crippen LogP contribution is -2.07. The quantitative estimate of drug-likeness (QED) is 0.771. The number of nitrogens with zero attached hydrogens (tertiary/aromatic N) is 2. The Morgan fingerprint density at radius 3 is 2.09 bits per heavy atom. The molecule has 1 aromatic heterocycles. The zero-order chi connectivity index (χ0) is 15.7. The van der Waals surface area contributed by atoms with Crippen LogP contribution in [0.5, 0.6) is 5.75 Å². The Balaban J connectivity index is 1.96. The van der Waals surface area contributed by atoms with E-state index in [-0.39, 0.29) is 5.75 Å². The molecule has 0 bridgehead atoms. The van der Waals surface area contributed by atoms with Crippen LogP contribution in [0.1, 0.15) is 5.69 Å². The third-order valence-electron chi connectivity index (χ3n) is 3.68. The molecule has 0 amide bonds. The van der Waals surface area contributed by atoms with Gasteiger partial charge in [0.25, 0.3) is 0 Å². The van der Waals surface area contributed by atoms with Gasteiger partial charge in [-0.05, 0) is 43.3 Å². The molecule has 0 aliphatic rings. The molecule has 0 aliphatic carbocycles. The lowest BCUT2D eigenvalue weighted by molar-refractivity contribution is 0.475. The van der Waals surface area contributed by atoms with E-state index in [1.54, 1.807) is 12.1 Å². The second-order valence-corrected chi connectivity index (χ2v) is 5.55. The van der Waals surface area contributed by atoms with Crippen molar-refractivity contribution in [3.63, 3.8) is 0 Å². The zero-order valence-electron chi connectivity index (χ0n) is 13.0. The second kappa shape index (κ2) is 5.56. The normalized spacial score (nSPS) is 10.7. The fourth-order valence-corrected chi connectivity index (χ4v) is 2.41. The van der Waals surface area contributed by atoms with Crippen LogP contribution in [0.25, 0.3) is 22.6 Å². The van der Waals surface area contributed by atoms with E-state index >= 15 is 0 Å². The second-order valence-electron chi connectivity index (χ2n) is 5.55. The molecule has 2 N–H and O–H groups in total. The standard InChI is InChI=1S/C18H19N3O/c1-12-17(13-4-8-15(9-5-13)21(2)3)20-18(19-12)14-6-10-16(22)11-7-14/h4-11,22H,1-3H3,(H,19,20). The van der Waals surface area contributed by atoms with Gasteiger partial charge in [0.1, 0.15) is 11.6 Å². The molecule has 1 heterocycles. The summed E-state index contributed by atoms with van der Waals surface area (Å²) in [5.74, 6) is 1.07. The maximum absolute atomic E-state index is 9.38. The van der Waals surface area contributed by atoms with Gasteiger partial charge in [-0.1, -0.05) is 12.1 Å². The highest BCUT2D eigenvalue weighted by atomic mass is 16.3. The Hall–Kier alpha value is -2.75. The van der Waals surface area contributed by atoms with Crippen molar-refractivity contribution < 1.29 is 5.11 Å². The molecule has 3 aromatic rings. The topological polar surface area (TPSA) is 52.1 Å². The third-order valence-corrected chi connectivity index (χ3v) is 3.68. The Morgan fingerprint density at radius 1 is 0.909 bits per heavy atom. The van der Waals surface area contributed by atoms with Crippen LogP contribution in [0, 0.1) is 6.92 Å². The summed E-state index contributed by atoms with van der Waals surface area (Å²) in [5.41, 5.74) is 5.19. The summed E-state index contributed by atoms with van der Waals surface area (Å²) >= 11 is 0. The first-order valence-electron chi connectivity index (χ1n) is 7.18. The van der Waals surface area contributed by atoms with E-state index < -0.39 is 0 Å². The summed E-state index contributed by atoms with van der Waals surface area (Å²) in [6, 6.07) is 15.4. The predicted molar refractivity (Wildman–Crippen MR) is 90.2 cm³/mol. The molecule has 0 atom stereocenters. The van der Waals surface area contributed by atoms with Crippen LogP contribution >= 0.6 is 0 Å². The Kier molecular flexibility index (Phi) is 3.59. The van der Waals surface area contributed by atoms with Gasteiger partial charge in [0.2, 0.25) is 0 Å². The number of aromatic nitrogens is 2. The van der Waals surface area contributed by atoms with Gasteiger partial charge in [0.15, 0.2) is 0 Å². The number of H-pyrrole nitrogens is 1. The summed E-state index contributed by atoms with van der Waals surface area (Å²) in [5, 5.41) is 9.38. The van der Waals surface area contributed by atoms with Crippen molar-refractivity contribution in [3.8, 4) is 28.4 Å². The molecule has 0 unspecified atom stereocenters. The number of aryl methyl sites for hydroxylation is 1. The molecule has 0 radical (unpaired) electrons. The summed E-state index contributed by atoms with van der Waals surface area (Å²) in [6.07, 6.45) is 0. The van der Waals surface area contributed by atoms with Crippen LogP contribution in [0.3, 0.4) is 0 Å². The zero-order valence-corrected chi connectivity index (χ0v) is 13.0. The van der Waals surface area contributed by atoms with E-state index in [2.05, 4.69) is 34.1 Å². The van der Waals surface area contributed by atoms with Gasteiger partial charge < -0.3 is 15.0 Å². The fraction of sp³-hybridized carbons (Fsp3) is 0.167. The molecule has 2 aromatic carbocycles. The van der Waals surface area contributed by atoms with E-state index in [9.17, 15) is 5.11 Å². The molecule has 0 aliphatic heterocycles. The Labute approximate surface area is 130 Å². The SMILES string of the molecule is Cc1[nH]c(-c2ccc(O)cc2)nc1-c1ccc(N(C)C)cc1. The Morgan fingerprint density at radius 2 is 1.50 bits per heavy atom. The number of anilines is 1. The van der Waals surface area contributed by atoms with E-state index in [1.807, 2.05) is 33.2 Å². The largest absolute Gasteiger partial charge is 0.508 e. The number of benzene rings is 2. The van der Waals surface area contributed by atoms with Crippen molar-refractivity contribution in [2.24, 2.45) is 0 Å². The molecule has 0 saturated carbocycles. The van der Waals surface area contributed by atoms with E-state index in [0.29, 0.717) is 0 Å². The summed E-state index contributed by atoms with van der Waals surface area (Å²) in [6.45, 7) is 2.02. The first-order chi connectivity index (χ1) is 10.5. The maximum Gasteiger partial charge on any atom is 0.138 e. The number of hydrogen-bond donors (Lipinski definition) is 2. The Bertz CT molecular complexity index is 771. The minimum absolute atomic E-state index is 0.256.